The standard InChI is InChI=1S/C28H10N2O6S2/c31-21-9-1-3-11-17-13(27(35)29-25(11)33)5-7-15(19(9)17)37-23(21)24-22(32)10-2-4-12-18-14(28(36)30-26(12)34)6-8-16(38-24)20(10)18/h1-8H,(H,29,33,35)(H,30,34,36)/b24-23+. The van der Waals surface area contributed by atoms with Gasteiger partial charge < -0.3 is 0 Å². The summed E-state index contributed by atoms with van der Waals surface area (Å²) in [6.07, 6.45) is 0. The predicted molar refractivity (Wildman–Crippen MR) is 144 cm³/mol. The summed E-state index contributed by atoms with van der Waals surface area (Å²) >= 11 is 2.27. The number of imide groups is 2. The molecule has 8 nitrogen and oxygen atoms in total. The van der Waals surface area contributed by atoms with Crippen molar-refractivity contribution in [1.82, 2.24) is 10.6 Å². The average Bonchev–Trinajstić information content (AvgIpc) is 2.91. The highest BCUT2D eigenvalue weighted by atomic mass is 32.1. The molecule has 0 fully saturated rings. The van der Waals surface area contributed by atoms with Crippen LogP contribution in [0.15, 0.2) is 58.1 Å². The zero-order valence-electron chi connectivity index (χ0n) is 18.9. The Labute approximate surface area is 217 Å². The van der Waals surface area contributed by atoms with E-state index in [2.05, 4.69) is 10.6 Å². The molecule has 0 spiro atoms. The molecule has 0 atom stereocenters. The van der Waals surface area contributed by atoms with E-state index in [0.29, 0.717) is 64.0 Å². The maximum atomic E-state index is 13.8. The number of benzene rings is 4. The fourth-order valence-corrected chi connectivity index (χ4v) is 7.93. The lowest BCUT2D eigenvalue weighted by molar-refractivity contribution is 0.0828. The predicted octanol–water partition coefficient (Wildman–Crippen LogP) is 3.63. The summed E-state index contributed by atoms with van der Waals surface area (Å²) in [5, 5.41) is 7.19. The number of carbonyl (C=O) groups is 4. The van der Waals surface area contributed by atoms with Crippen LogP contribution in [0, 0.1) is 9.06 Å². The molecule has 38 heavy (non-hydrogen) atoms. The van der Waals surface area contributed by atoms with Gasteiger partial charge in [-0.05, 0) is 48.5 Å². The Morgan fingerprint density at radius 1 is 0.421 bits per heavy atom. The number of nitrogens with one attached hydrogen (secondary N) is 2. The van der Waals surface area contributed by atoms with Crippen molar-refractivity contribution in [1.29, 1.82) is 0 Å². The molecule has 4 amide bonds. The van der Waals surface area contributed by atoms with E-state index in [1.54, 1.807) is 36.4 Å². The minimum Gasteiger partial charge on any atom is -0.288 e. The van der Waals surface area contributed by atoms with Gasteiger partial charge in [-0.1, -0.05) is 0 Å². The van der Waals surface area contributed by atoms with Gasteiger partial charge in [0, 0.05) is 64.0 Å². The molecule has 0 aliphatic carbocycles. The summed E-state index contributed by atoms with van der Waals surface area (Å²) in [6, 6.07) is 12.9. The summed E-state index contributed by atoms with van der Waals surface area (Å²) in [5.41, 5.74) is 0.536. The van der Waals surface area contributed by atoms with Gasteiger partial charge in [-0.2, -0.15) is 0 Å². The second-order valence-corrected chi connectivity index (χ2v) is 11.2. The number of hydrogen-bond donors (Lipinski definition) is 2. The molecule has 4 heterocycles. The molecule has 4 aromatic carbocycles. The van der Waals surface area contributed by atoms with E-state index >= 15 is 0 Å². The van der Waals surface area contributed by atoms with Crippen LogP contribution in [0.1, 0.15) is 41.4 Å². The smallest absolute Gasteiger partial charge is 0.258 e. The highest BCUT2D eigenvalue weighted by Gasteiger charge is 2.29. The summed E-state index contributed by atoms with van der Waals surface area (Å²) in [6.45, 7) is 0. The van der Waals surface area contributed by atoms with Crippen molar-refractivity contribution in [2.24, 2.45) is 0 Å². The third-order valence-corrected chi connectivity index (χ3v) is 9.65. The van der Waals surface area contributed by atoms with Crippen LogP contribution in [0.5, 0.6) is 0 Å². The lowest BCUT2D eigenvalue weighted by Gasteiger charge is -2.18. The Hall–Kier alpha value is -4.80. The van der Waals surface area contributed by atoms with Crippen LogP contribution in [0.4, 0.5) is 0 Å². The van der Waals surface area contributed by atoms with Crippen LogP contribution in [-0.4, -0.2) is 23.6 Å². The molecule has 2 aliphatic heterocycles. The molecule has 0 saturated heterocycles. The molecule has 8 rings (SSSR count). The first-order valence-corrected chi connectivity index (χ1v) is 13.1. The van der Waals surface area contributed by atoms with Crippen LogP contribution in [0.25, 0.3) is 41.7 Å². The van der Waals surface area contributed by atoms with E-state index in [1.165, 1.54) is 12.1 Å². The monoisotopic (exact) mass is 534 g/mol. The van der Waals surface area contributed by atoms with Crippen LogP contribution in [0.2, 0.25) is 0 Å². The van der Waals surface area contributed by atoms with Crippen molar-refractivity contribution in [3.8, 4) is 0 Å². The first-order chi connectivity index (χ1) is 18.3. The molecule has 2 N–H and O–H groups in total. The Kier molecular flexibility index (Phi) is 3.89. The quantitative estimate of drug-likeness (QED) is 0.287. The van der Waals surface area contributed by atoms with Gasteiger partial charge in [0.1, 0.15) is 0 Å². The fraction of sp³-hybridized carbons (Fsp3) is 0. The second kappa shape index (κ2) is 6.94. The number of rotatable bonds is 0. The maximum absolute atomic E-state index is 13.8. The average molecular weight is 535 g/mol. The molecule has 0 bridgehead atoms. The zero-order chi connectivity index (χ0) is 26.0. The molecular formula is C28H10N2O6S2. The van der Waals surface area contributed by atoms with Crippen molar-refractivity contribution >= 4 is 88.0 Å². The zero-order valence-corrected chi connectivity index (χ0v) is 20.5. The summed E-state index contributed by atoms with van der Waals surface area (Å²) < 4.78 is 1.82. The van der Waals surface area contributed by atoms with Crippen molar-refractivity contribution in [2.75, 3.05) is 0 Å². The highest BCUT2D eigenvalue weighted by molar-refractivity contribution is 7.20. The van der Waals surface area contributed by atoms with Crippen LogP contribution < -0.4 is 21.5 Å². The molecule has 10 heteroatoms. The van der Waals surface area contributed by atoms with E-state index in [9.17, 15) is 28.8 Å². The van der Waals surface area contributed by atoms with Gasteiger partial charge in [0.05, 0.1) is 9.06 Å². The van der Waals surface area contributed by atoms with Gasteiger partial charge in [0.2, 0.25) is 10.9 Å². The van der Waals surface area contributed by atoms with E-state index in [-0.39, 0.29) is 19.9 Å². The third-order valence-electron chi connectivity index (χ3n) is 7.21. The lowest BCUT2D eigenvalue weighted by atomic mass is 9.93. The van der Waals surface area contributed by atoms with E-state index in [1.807, 2.05) is 0 Å². The second-order valence-electron chi connectivity index (χ2n) is 9.13. The maximum Gasteiger partial charge on any atom is 0.258 e. The Morgan fingerprint density at radius 2 is 0.763 bits per heavy atom. The summed E-state index contributed by atoms with van der Waals surface area (Å²) in [4.78, 5) is 77.4. The van der Waals surface area contributed by atoms with E-state index < -0.39 is 23.6 Å². The minimum absolute atomic E-state index is 0.245. The Morgan fingerprint density at radius 3 is 1.13 bits per heavy atom. The molecule has 0 unspecified atom stereocenters. The number of hydrogen-bond acceptors (Lipinski definition) is 8. The number of amides is 4. The number of carbonyl (C=O) groups excluding carboxylic acids is 4. The summed E-state index contributed by atoms with van der Waals surface area (Å²) in [5.74, 6) is -2.08. The fourth-order valence-electron chi connectivity index (χ4n) is 5.57. The first-order valence-electron chi connectivity index (χ1n) is 11.4. The van der Waals surface area contributed by atoms with Crippen molar-refractivity contribution in [2.45, 2.75) is 0 Å². The van der Waals surface area contributed by atoms with Gasteiger partial charge >= 0.3 is 0 Å². The molecule has 180 valence electrons. The van der Waals surface area contributed by atoms with Crippen molar-refractivity contribution < 1.29 is 19.2 Å². The normalized spacial score (nSPS) is 15.6. The third kappa shape index (κ3) is 2.48. The Balaban J connectivity index is 1.58. The summed E-state index contributed by atoms with van der Waals surface area (Å²) in [7, 11) is 0. The molecule has 0 saturated carbocycles. The minimum atomic E-state index is -0.519. The topological polar surface area (TPSA) is 126 Å². The molecule has 2 aliphatic rings. The molecule has 2 aromatic heterocycles. The van der Waals surface area contributed by atoms with Crippen LogP contribution in [-0.2, 0) is 0 Å². The van der Waals surface area contributed by atoms with Crippen molar-refractivity contribution in [3.05, 3.63) is 100 Å². The van der Waals surface area contributed by atoms with Gasteiger partial charge in [-0.15, -0.1) is 22.7 Å². The molecular weight excluding hydrogens is 524 g/mol. The van der Waals surface area contributed by atoms with E-state index in [0.717, 1.165) is 22.7 Å². The van der Waals surface area contributed by atoms with Gasteiger partial charge in [0.15, 0.2) is 0 Å². The molecule has 6 aromatic rings. The van der Waals surface area contributed by atoms with Gasteiger partial charge in [-0.25, -0.2) is 0 Å². The van der Waals surface area contributed by atoms with Crippen LogP contribution >= 0.6 is 22.7 Å². The highest BCUT2D eigenvalue weighted by Crippen LogP contribution is 2.37. The first kappa shape index (κ1) is 21.3. The van der Waals surface area contributed by atoms with E-state index in [4.69, 9.17) is 0 Å². The SMILES string of the molecule is O=C1NC(=O)c2ccc3c(=O)/c(=c4\sc5ccc6c7c(ccc(c4=O)c57)C(=O)NC6=O)sc4ccc1c2c43. The van der Waals surface area contributed by atoms with Gasteiger partial charge in [0.25, 0.3) is 23.6 Å². The lowest BCUT2D eigenvalue weighted by Crippen LogP contribution is -2.34. The Bertz CT molecular complexity index is 2210. The van der Waals surface area contributed by atoms with Crippen LogP contribution in [0.3, 0.4) is 0 Å². The van der Waals surface area contributed by atoms with Gasteiger partial charge in [-0.3, -0.25) is 39.4 Å². The largest absolute Gasteiger partial charge is 0.288 e. The molecule has 0 radical (unpaired) electrons. The van der Waals surface area contributed by atoms with Crippen molar-refractivity contribution in [3.63, 3.8) is 0 Å².